The number of carbonyl (C=O) groups is 11. The number of amides is 1. The fraction of sp³-hybridized carbons (Fsp3) is 0.817. The monoisotopic (exact) mass is 1260 g/mol. The maximum absolute atomic E-state index is 13.4. The first kappa shape index (κ1) is 85.3. The van der Waals surface area contributed by atoms with Crippen LogP contribution < -0.4 is 5.32 Å². The molecule has 27 nitrogen and oxygen atoms in total. The highest BCUT2D eigenvalue weighted by Crippen LogP contribution is 2.16. The Morgan fingerprint density at radius 2 is 0.655 bits per heavy atom. The summed E-state index contributed by atoms with van der Waals surface area (Å²) in [5, 5.41) is 19.1. The molecule has 87 heavy (non-hydrogen) atoms. The normalized spacial score (nSPS) is 11.4. The third kappa shape index (κ3) is 63.0. The van der Waals surface area contributed by atoms with E-state index in [0.717, 1.165) is 25.7 Å². The number of cyclic esters (lactones) is 2. The number of ether oxygens (including phenoxy) is 13. The number of carboxylic acids is 1. The minimum absolute atomic E-state index is 0.0167. The molecule has 506 valence electrons. The van der Waals surface area contributed by atoms with Crippen LogP contribution in [-0.4, -0.2) is 200 Å². The number of hydrogen-bond acceptors (Lipinski definition) is 25. The number of nitrogens with one attached hydrogen (secondary N) is 1. The first-order valence-electron chi connectivity index (χ1n) is 30.7. The summed E-state index contributed by atoms with van der Waals surface area (Å²) in [6, 6.07) is 0. The fourth-order valence-electron chi connectivity index (χ4n) is 6.95. The molecule has 0 unspecified atom stereocenters. The Hall–Kier alpha value is -5.87. The molecule has 3 N–H and O–H groups in total. The van der Waals surface area contributed by atoms with Crippen LogP contribution in [0.2, 0.25) is 0 Å². The summed E-state index contributed by atoms with van der Waals surface area (Å²) >= 11 is 0. The molecule has 1 aliphatic heterocycles. The Bertz CT molecular complexity index is 1700. The van der Waals surface area contributed by atoms with Crippen LogP contribution in [0.15, 0.2) is 0 Å². The topological polar surface area (TPSA) is 360 Å². The van der Waals surface area contributed by atoms with Gasteiger partial charge in [0.2, 0.25) is 5.91 Å². The van der Waals surface area contributed by atoms with Gasteiger partial charge in [0.1, 0.15) is 51.8 Å². The molecule has 0 aromatic carbocycles. The largest absolute Gasteiger partial charge is 0.481 e. The average Bonchev–Trinajstić information content (AvgIpc) is 4.11. The number of aliphatic hydroxyl groups excluding tert-OH is 1. The van der Waals surface area contributed by atoms with Crippen LogP contribution in [0, 0.1) is 0 Å². The molecule has 0 saturated carbocycles. The standard InChI is InChI=1S/C44H77NO16.C8H14O5.C4H4O3.C4H10O2/c1-5-9-10-11-12-13-14-15-16-17-18-19-20-21-37(46)45-44(34-59-41(50)25-22-38(47)56-31-28-53-6-2,35-60-42(51)26-23-39(48)57-32-29-54-7-3)36-61-43(52)27-24-40(49)58-33-30-55-8-4;1-2-12-5-6-13-8(11)4-3-7(9)10;5-3-1-2-4(6)7-3;1-2-6-4-3-5/h5-36H2,1-4H3,(H,45,46);2-6H2,1H3,(H,9,10);1-2H2;5H,2-4H2,1H3. The summed E-state index contributed by atoms with van der Waals surface area (Å²) in [6.07, 6.45) is 13.0. The number of aliphatic hydroxyl groups is 1. The predicted octanol–water partition coefficient (Wildman–Crippen LogP) is 6.33. The number of hydrogen-bond donors (Lipinski definition) is 3. The average molecular weight is 1260 g/mol. The number of carbonyl (C=O) groups excluding carboxylic acids is 10. The van der Waals surface area contributed by atoms with E-state index in [1.807, 2.05) is 13.8 Å². The zero-order valence-corrected chi connectivity index (χ0v) is 52.9. The van der Waals surface area contributed by atoms with Crippen molar-refractivity contribution in [2.24, 2.45) is 0 Å². The highest BCUT2D eigenvalue weighted by molar-refractivity contribution is 5.92. The van der Waals surface area contributed by atoms with Gasteiger partial charge in [-0.1, -0.05) is 84.0 Å². The molecule has 0 radical (unpaired) electrons. The summed E-state index contributed by atoms with van der Waals surface area (Å²) in [7, 11) is 0. The van der Waals surface area contributed by atoms with E-state index < -0.39 is 91.0 Å². The lowest BCUT2D eigenvalue weighted by atomic mass is 10.0. The van der Waals surface area contributed by atoms with E-state index in [1.54, 1.807) is 20.8 Å². The summed E-state index contributed by atoms with van der Waals surface area (Å²) in [5.74, 6) is -7.21. The summed E-state index contributed by atoms with van der Waals surface area (Å²) in [4.78, 5) is 129. The molecule has 0 aromatic heterocycles. The number of aliphatic carboxylic acids is 1. The molecule has 0 spiro atoms. The van der Waals surface area contributed by atoms with E-state index in [2.05, 4.69) is 21.7 Å². The van der Waals surface area contributed by atoms with Crippen LogP contribution in [0.4, 0.5) is 0 Å². The van der Waals surface area contributed by atoms with Crippen molar-refractivity contribution in [2.45, 2.75) is 201 Å². The van der Waals surface area contributed by atoms with Crippen LogP contribution in [0.3, 0.4) is 0 Å². The summed E-state index contributed by atoms with van der Waals surface area (Å²) in [5.41, 5.74) is -1.78. The lowest BCUT2D eigenvalue weighted by Gasteiger charge is -2.33. The Morgan fingerprint density at radius 3 is 0.908 bits per heavy atom. The van der Waals surface area contributed by atoms with Crippen LogP contribution in [0.1, 0.15) is 196 Å². The summed E-state index contributed by atoms with van der Waals surface area (Å²) in [6.45, 7) is 13.9. The number of rotatable bonds is 52. The van der Waals surface area contributed by atoms with Crippen LogP contribution in [-0.2, 0) is 114 Å². The molecule has 1 saturated heterocycles. The van der Waals surface area contributed by atoms with E-state index in [1.165, 1.54) is 51.4 Å². The maximum atomic E-state index is 13.4. The molecule has 0 bridgehead atoms. The van der Waals surface area contributed by atoms with Gasteiger partial charge in [0.05, 0.1) is 104 Å². The van der Waals surface area contributed by atoms with Crippen LogP contribution in [0.5, 0.6) is 0 Å². The molecule has 1 fully saturated rings. The van der Waals surface area contributed by atoms with E-state index in [-0.39, 0.29) is 123 Å². The van der Waals surface area contributed by atoms with Crippen molar-refractivity contribution in [2.75, 3.05) is 119 Å². The number of unbranched alkanes of at least 4 members (excludes halogenated alkanes) is 12. The third-order valence-corrected chi connectivity index (χ3v) is 11.6. The number of esters is 9. The molecular weight excluding hydrogens is 1150 g/mol. The first-order chi connectivity index (χ1) is 41.9. The quantitative estimate of drug-likeness (QED) is 0.0259. The predicted molar refractivity (Wildman–Crippen MR) is 312 cm³/mol. The Balaban J connectivity index is -0.00000220. The molecular formula is C60H105NO26. The second-order valence-corrected chi connectivity index (χ2v) is 19.1. The number of carboxylic acid groups (broad SMARTS) is 1. The van der Waals surface area contributed by atoms with E-state index in [4.69, 9.17) is 62.3 Å². The van der Waals surface area contributed by atoms with Gasteiger partial charge in [0.25, 0.3) is 0 Å². The van der Waals surface area contributed by atoms with Crippen LogP contribution >= 0.6 is 0 Å². The van der Waals surface area contributed by atoms with E-state index in [9.17, 15) is 52.7 Å². The van der Waals surface area contributed by atoms with Crippen molar-refractivity contribution in [3.8, 4) is 0 Å². The molecule has 27 heteroatoms. The van der Waals surface area contributed by atoms with E-state index in [0.29, 0.717) is 52.7 Å². The van der Waals surface area contributed by atoms with Crippen molar-refractivity contribution < 1.29 is 125 Å². The van der Waals surface area contributed by atoms with Gasteiger partial charge in [-0.2, -0.15) is 0 Å². The van der Waals surface area contributed by atoms with Crippen LogP contribution in [0.25, 0.3) is 0 Å². The van der Waals surface area contributed by atoms with Crippen molar-refractivity contribution >= 4 is 65.6 Å². The van der Waals surface area contributed by atoms with Crippen molar-refractivity contribution in [1.29, 1.82) is 0 Å². The van der Waals surface area contributed by atoms with Gasteiger partial charge < -0.3 is 77.1 Å². The molecule has 1 amide bonds. The highest BCUT2D eigenvalue weighted by Gasteiger charge is 2.38. The zero-order valence-electron chi connectivity index (χ0n) is 52.9. The highest BCUT2D eigenvalue weighted by atomic mass is 16.6. The molecule has 0 atom stereocenters. The van der Waals surface area contributed by atoms with Gasteiger partial charge in [-0.3, -0.25) is 52.7 Å². The Labute approximate surface area is 514 Å². The molecule has 0 aliphatic carbocycles. The Kier molecular flexibility index (Phi) is 62.0. The molecule has 1 rings (SSSR count). The Morgan fingerprint density at radius 1 is 0.379 bits per heavy atom. The van der Waals surface area contributed by atoms with Gasteiger partial charge >= 0.3 is 59.7 Å². The van der Waals surface area contributed by atoms with Gasteiger partial charge in [-0.25, -0.2) is 0 Å². The second kappa shape index (κ2) is 63.2. The SMILES string of the molecule is CCCCCCCCCCCCCCCC(=O)NC(COC(=O)CCC(=O)OCCOCC)(COC(=O)CCC(=O)OCCOCC)COC(=O)CCC(=O)OCCOCC.CCOCCO.CCOCCOC(=O)CCC(=O)O.O=C1CCC(=O)O1. The summed E-state index contributed by atoms with van der Waals surface area (Å²) < 4.78 is 65.4. The molecule has 1 aliphatic rings. The smallest absolute Gasteiger partial charge is 0.314 e. The van der Waals surface area contributed by atoms with Gasteiger partial charge in [0, 0.05) is 39.5 Å². The fourth-order valence-corrected chi connectivity index (χ4v) is 6.95. The van der Waals surface area contributed by atoms with Crippen molar-refractivity contribution in [1.82, 2.24) is 5.32 Å². The van der Waals surface area contributed by atoms with Crippen molar-refractivity contribution in [3.63, 3.8) is 0 Å². The lowest BCUT2D eigenvalue weighted by Crippen LogP contribution is -2.59. The molecule has 0 aromatic rings. The second-order valence-electron chi connectivity index (χ2n) is 19.1. The van der Waals surface area contributed by atoms with Gasteiger partial charge in [0.15, 0.2) is 0 Å². The van der Waals surface area contributed by atoms with Crippen molar-refractivity contribution in [3.05, 3.63) is 0 Å². The molecule has 1 heterocycles. The van der Waals surface area contributed by atoms with Gasteiger partial charge in [-0.05, 0) is 41.0 Å². The maximum Gasteiger partial charge on any atom is 0.314 e. The minimum Gasteiger partial charge on any atom is -0.481 e. The first-order valence-corrected chi connectivity index (χ1v) is 30.7. The van der Waals surface area contributed by atoms with Gasteiger partial charge in [-0.15, -0.1) is 0 Å². The minimum atomic E-state index is -1.78. The zero-order chi connectivity index (χ0) is 65.4. The van der Waals surface area contributed by atoms with E-state index >= 15 is 0 Å². The third-order valence-electron chi connectivity index (χ3n) is 11.6. The lowest BCUT2D eigenvalue weighted by molar-refractivity contribution is -0.162.